The van der Waals surface area contributed by atoms with Crippen LogP contribution >= 0.6 is 0 Å². The molecule has 0 fully saturated rings. The second-order valence-corrected chi connectivity index (χ2v) is 10.6. The summed E-state index contributed by atoms with van der Waals surface area (Å²) in [6, 6.07) is 15.3. The van der Waals surface area contributed by atoms with E-state index < -0.39 is 29.6 Å². The lowest BCUT2D eigenvalue weighted by Crippen LogP contribution is -2.49. The van der Waals surface area contributed by atoms with Crippen molar-refractivity contribution < 1.29 is 37.1 Å². The van der Waals surface area contributed by atoms with E-state index in [-0.39, 0.29) is 17.1 Å². The second kappa shape index (κ2) is 12.1. The predicted octanol–water partition coefficient (Wildman–Crippen LogP) is 5.91. The summed E-state index contributed by atoms with van der Waals surface area (Å²) in [5, 5.41) is 10.1. The topological polar surface area (TPSA) is 113 Å². The third-order valence-electron chi connectivity index (χ3n) is 5.18. The number of carboxylic acid groups (broad SMARTS) is 1. The highest BCUT2D eigenvalue weighted by Crippen LogP contribution is 2.32. The number of anilines is 1. The number of carboxylic acids is 1. The smallest absolute Gasteiger partial charge is 0.475 e. The van der Waals surface area contributed by atoms with E-state index in [4.69, 9.17) is 14.3 Å². The number of nitrogens with zero attached hydrogens (tertiary/aromatic N) is 2. The van der Waals surface area contributed by atoms with Gasteiger partial charge in [0, 0.05) is 17.4 Å². The van der Waals surface area contributed by atoms with Crippen LogP contribution in [0.5, 0.6) is 0 Å². The Balaban J connectivity index is 0.000000673. The van der Waals surface area contributed by atoms with Gasteiger partial charge >= 0.3 is 12.1 Å². The van der Waals surface area contributed by atoms with Crippen LogP contribution in [0.15, 0.2) is 71.5 Å². The first kappa shape index (κ1) is 31.1. The number of hydrogen-bond acceptors (Lipinski definition) is 5. The lowest BCUT2D eigenvalue weighted by Gasteiger charge is -2.33. The second-order valence-electron chi connectivity index (χ2n) is 10.6. The minimum absolute atomic E-state index is 0.0433. The molecule has 0 saturated carbocycles. The molecule has 0 spiro atoms. The average Bonchev–Trinajstić information content (AvgIpc) is 3.36. The minimum atomic E-state index is -5.08. The normalized spacial score (nSPS) is 12.5. The molecule has 0 aliphatic heterocycles. The first-order valence-corrected chi connectivity index (χ1v) is 11.9. The molecular formula is C28H32F3N3O5. The van der Waals surface area contributed by atoms with Crippen molar-refractivity contribution in [3.8, 4) is 0 Å². The Morgan fingerprint density at radius 1 is 0.923 bits per heavy atom. The number of aliphatic carboxylic acids is 1. The molecule has 2 heterocycles. The van der Waals surface area contributed by atoms with Gasteiger partial charge in [-0.15, -0.1) is 0 Å². The fourth-order valence-electron chi connectivity index (χ4n) is 3.38. The number of carbonyl (C=O) groups is 3. The maximum Gasteiger partial charge on any atom is 0.490 e. The van der Waals surface area contributed by atoms with Gasteiger partial charge in [0.25, 0.3) is 5.91 Å². The van der Waals surface area contributed by atoms with Crippen molar-refractivity contribution in [2.24, 2.45) is 0 Å². The Kier molecular flexibility index (Phi) is 9.67. The number of benzene rings is 1. The first-order chi connectivity index (χ1) is 17.9. The Morgan fingerprint density at radius 3 is 1.92 bits per heavy atom. The zero-order valence-corrected chi connectivity index (χ0v) is 22.5. The maximum absolute atomic E-state index is 13.6. The summed E-state index contributed by atoms with van der Waals surface area (Å²) in [4.78, 5) is 41.9. The summed E-state index contributed by atoms with van der Waals surface area (Å²) in [5.74, 6) is -3.35. The van der Waals surface area contributed by atoms with Gasteiger partial charge in [0.1, 0.15) is 0 Å². The number of halogens is 3. The third kappa shape index (κ3) is 8.98. The molecule has 0 aliphatic carbocycles. The number of nitrogens with one attached hydrogen (secondary N) is 1. The van der Waals surface area contributed by atoms with Crippen molar-refractivity contribution in [1.29, 1.82) is 0 Å². The standard InChI is InChI=1S/C26H31N3O3.C2HF3O2/c1-25(2,3)18-12-14-19(15-13-18)29(24(31)21-11-9-17-32-21)22(20-10-7-8-16-27-20)23(30)28-26(4,5)6;3-2(4,5)1(6)7/h7-17,22H,1-6H3,(H,28,30);(H,6,7). The van der Waals surface area contributed by atoms with Crippen LogP contribution in [0.3, 0.4) is 0 Å². The molecule has 0 saturated heterocycles. The molecule has 0 radical (unpaired) electrons. The lowest BCUT2D eigenvalue weighted by atomic mass is 9.87. The number of alkyl halides is 3. The molecule has 1 atom stereocenters. The van der Waals surface area contributed by atoms with Gasteiger partial charge in [-0.3, -0.25) is 19.5 Å². The minimum Gasteiger partial charge on any atom is -0.475 e. The zero-order valence-electron chi connectivity index (χ0n) is 22.5. The molecule has 3 aromatic rings. The number of aromatic nitrogens is 1. The van der Waals surface area contributed by atoms with Crippen LogP contribution < -0.4 is 10.2 Å². The molecule has 2 amide bonds. The zero-order chi connectivity index (χ0) is 29.6. The van der Waals surface area contributed by atoms with E-state index in [1.165, 1.54) is 11.2 Å². The van der Waals surface area contributed by atoms with Crippen molar-refractivity contribution >= 4 is 23.5 Å². The Morgan fingerprint density at radius 2 is 1.51 bits per heavy atom. The number of rotatable bonds is 5. The number of pyridine rings is 1. The predicted molar refractivity (Wildman–Crippen MR) is 139 cm³/mol. The van der Waals surface area contributed by atoms with Crippen LogP contribution in [-0.4, -0.2) is 39.6 Å². The molecule has 1 aromatic carbocycles. The fourth-order valence-corrected chi connectivity index (χ4v) is 3.38. The summed E-state index contributed by atoms with van der Waals surface area (Å²) >= 11 is 0. The van der Waals surface area contributed by atoms with E-state index >= 15 is 0 Å². The van der Waals surface area contributed by atoms with E-state index in [2.05, 4.69) is 31.1 Å². The van der Waals surface area contributed by atoms with Crippen molar-refractivity contribution in [3.05, 3.63) is 84.1 Å². The number of amides is 2. The molecule has 8 nitrogen and oxygen atoms in total. The van der Waals surface area contributed by atoms with Crippen LogP contribution in [0.1, 0.15) is 69.4 Å². The van der Waals surface area contributed by atoms with E-state index in [1.807, 2.05) is 45.0 Å². The highest BCUT2D eigenvalue weighted by atomic mass is 19.4. The molecule has 2 N–H and O–H groups in total. The van der Waals surface area contributed by atoms with E-state index in [0.29, 0.717) is 11.4 Å². The van der Waals surface area contributed by atoms with Gasteiger partial charge < -0.3 is 14.8 Å². The van der Waals surface area contributed by atoms with Gasteiger partial charge in [-0.2, -0.15) is 13.2 Å². The van der Waals surface area contributed by atoms with Crippen LogP contribution in [0.2, 0.25) is 0 Å². The van der Waals surface area contributed by atoms with Gasteiger partial charge in [-0.25, -0.2) is 4.79 Å². The monoisotopic (exact) mass is 547 g/mol. The van der Waals surface area contributed by atoms with Crippen molar-refractivity contribution in [2.75, 3.05) is 4.90 Å². The first-order valence-electron chi connectivity index (χ1n) is 11.9. The summed E-state index contributed by atoms with van der Waals surface area (Å²) in [5.41, 5.74) is 1.64. The summed E-state index contributed by atoms with van der Waals surface area (Å²) < 4.78 is 37.1. The third-order valence-corrected chi connectivity index (χ3v) is 5.18. The molecule has 2 aromatic heterocycles. The summed E-state index contributed by atoms with van der Waals surface area (Å²) in [7, 11) is 0. The van der Waals surface area contributed by atoms with Crippen molar-refractivity contribution in [3.63, 3.8) is 0 Å². The van der Waals surface area contributed by atoms with Crippen LogP contribution in [-0.2, 0) is 15.0 Å². The Labute approximate surface area is 224 Å². The van der Waals surface area contributed by atoms with Crippen molar-refractivity contribution in [1.82, 2.24) is 10.3 Å². The molecule has 3 rings (SSSR count). The number of furan rings is 1. The molecule has 210 valence electrons. The van der Waals surface area contributed by atoms with Gasteiger partial charge in [-0.1, -0.05) is 39.0 Å². The van der Waals surface area contributed by atoms with E-state index in [1.54, 1.807) is 36.5 Å². The SMILES string of the molecule is CC(C)(C)NC(=O)C(c1ccccn1)N(C(=O)c1ccco1)c1ccc(C(C)(C)C)cc1.O=C(O)C(F)(F)F. The summed E-state index contributed by atoms with van der Waals surface area (Å²) in [6.45, 7) is 12.1. The highest BCUT2D eigenvalue weighted by molar-refractivity contribution is 6.08. The molecular weight excluding hydrogens is 515 g/mol. The molecule has 0 bridgehead atoms. The highest BCUT2D eigenvalue weighted by Gasteiger charge is 2.38. The maximum atomic E-state index is 13.6. The van der Waals surface area contributed by atoms with Gasteiger partial charge in [0.15, 0.2) is 11.8 Å². The molecule has 1 unspecified atom stereocenters. The Hall–Kier alpha value is -4.15. The lowest BCUT2D eigenvalue weighted by molar-refractivity contribution is -0.192. The molecule has 39 heavy (non-hydrogen) atoms. The van der Waals surface area contributed by atoms with Gasteiger partial charge in [0.05, 0.1) is 12.0 Å². The largest absolute Gasteiger partial charge is 0.490 e. The number of carbonyl (C=O) groups excluding carboxylic acids is 2. The quantitative estimate of drug-likeness (QED) is 0.411. The van der Waals surface area contributed by atoms with E-state index in [0.717, 1.165) is 5.56 Å². The van der Waals surface area contributed by atoms with E-state index in [9.17, 15) is 22.8 Å². The summed E-state index contributed by atoms with van der Waals surface area (Å²) in [6.07, 6.45) is -2.02. The van der Waals surface area contributed by atoms with Crippen molar-refractivity contribution in [2.45, 2.75) is 64.7 Å². The molecule has 0 aliphatic rings. The average molecular weight is 548 g/mol. The molecule has 11 heteroatoms. The van der Waals surface area contributed by atoms with Gasteiger partial charge in [-0.05, 0) is 68.1 Å². The van der Waals surface area contributed by atoms with Crippen LogP contribution in [0.25, 0.3) is 0 Å². The number of hydrogen-bond donors (Lipinski definition) is 2. The van der Waals surface area contributed by atoms with Crippen LogP contribution in [0.4, 0.5) is 18.9 Å². The fraction of sp³-hybridized carbons (Fsp3) is 0.357. The van der Waals surface area contributed by atoms with Crippen LogP contribution in [0, 0.1) is 0 Å². The Bertz CT molecular complexity index is 1240. The van der Waals surface area contributed by atoms with Gasteiger partial charge in [0.2, 0.25) is 5.91 Å².